The first-order valence-corrected chi connectivity index (χ1v) is 8.17. The number of hydrogen-bond donors (Lipinski definition) is 1. The molecule has 0 amide bonds. The molecule has 4 heteroatoms. The summed E-state index contributed by atoms with van der Waals surface area (Å²) >= 11 is 0. The Morgan fingerprint density at radius 2 is 2.05 bits per heavy atom. The molecule has 2 rings (SSSR count). The van der Waals surface area contributed by atoms with Gasteiger partial charge in [0.2, 0.25) is 0 Å². The zero-order chi connectivity index (χ0) is 15.2. The predicted molar refractivity (Wildman–Crippen MR) is 89.8 cm³/mol. The fourth-order valence-electron chi connectivity index (χ4n) is 3.24. The summed E-state index contributed by atoms with van der Waals surface area (Å²) in [5.74, 6) is 0.845. The monoisotopic (exact) mass is 290 g/mol. The van der Waals surface area contributed by atoms with Crippen molar-refractivity contribution in [2.45, 2.75) is 32.2 Å². The van der Waals surface area contributed by atoms with E-state index in [1.807, 2.05) is 13.2 Å². The fraction of sp³-hybridized carbons (Fsp3) is 0.706. The van der Waals surface area contributed by atoms with E-state index >= 15 is 0 Å². The fourth-order valence-corrected chi connectivity index (χ4v) is 3.24. The van der Waals surface area contributed by atoms with Crippen LogP contribution in [0.4, 0.5) is 5.69 Å². The molecular formula is C17H30N4. The standard InChI is InChI=1S/C17H30N4/c1-5-16(18-2)17-7-6-15(12-19-17)21-10-8-14(9-11-21)13-20(3)4/h6-7,12,14,16,18H,5,8-11,13H2,1-4H3. The second-order valence-corrected chi connectivity index (χ2v) is 6.38. The lowest BCUT2D eigenvalue weighted by Gasteiger charge is -2.34. The second kappa shape index (κ2) is 7.76. The zero-order valence-electron chi connectivity index (χ0n) is 14.0. The van der Waals surface area contributed by atoms with Gasteiger partial charge in [-0.15, -0.1) is 0 Å². The van der Waals surface area contributed by atoms with Gasteiger partial charge in [0, 0.05) is 25.7 Å². The lowest BCUT2D eigenvalue weighted by molar-refractivity contribution is 0.285. The van der Waals surface area contributed by atoms with Gasteiger partial charge in [-0.25, -0.2) is 0 Å². The lowest BCUT2D eigenvalue weighted by atomic mass is 9.96. The molecular weight excluding hydrogens is 260 g/mol. The topological polar surface area (TPSA) is 31.4 Å². The Kier molecular flexibility index (Phi) is 6.00. The maximum atomic E-state index is 4.65. The van der Waals surface area contributed by atoms with E-state index in [9.17, 15) is 0 Å². The van der Waals surface area contributed by atoms with Crippen molar-refractivity contribution in [2.24, 2.45) is 5.92 Å². The van der Waals surface area contributed by atoms with Crippen LogP contribution in [0, 0.1) is 5.92 Å². The second-order valence-electron chi connectivity index (χ2n) is 6.38. The molecule has 2 heterocycles. The quantitative estimate of drug-likeness (QED) is 0.872. The molecule has 0 saturated carbocycles. The van der Waals surface area contributed by atoms with Crippen LogP contribution in [0.2, 0.25) is 0 Å². The number of aromatic nitrogens is 1. The van der Waals surface area contributed by atoms with Crippen molar-refractivity contribution in [3.63, 3.8) is 0 Å². The summed E-state index contributed by atoms with van der Waals surface area (Å²) in [4.78, 5) is 9.43. The molecule has 1 N–H and O–H groups in total. The number of rotatable bonds is 6. The highest BCUT2D eigenvalue weighted by atomic mass is 15.1. The molecule has 0 radical (unpaired) electrons. The minimum absolute atomic E-state index is 0.366. The normalized spacial score (nSPS) is 18.2. The van der Waals surface area contributed by atoms with Crippen LogP contribution >= 0.6 is 0 Å². The van der Waals surface area contributed by atoms with Gasteiger partial charge >= 0.3 is 0 Å². The summed E-state index contributed by atoms with van der Waals surface area (Å²) in [5, 5.41) is 3.31. The first kappa shape index (κ1) is 16.2. The van der Waals surface area contributed by atoms with E-state index in [0.29, 0.717) is 6.04 Å². The van der Waals surface area contributed by atoms with Gasteiger partial charge in [0.25, 0.3) is 0 Å². The number of pyridine rings is 1. The molecule has 21 heavy (non-hydrogen) atoms. The minimum atomic E-state index is 0.366. The van der Waals surface area contributed by atoms with Gasteiger partial charge in [-0.3, -0.25) is 4.98 Å². The van der Waals surface area contributed by atoms with E-state index in [1.54, 1.807) is 0 Å². The molecule has 4 nitrogen and oxygen atoms in total. The van der Waals surface area contributed by atoms with Crippen molar-refractivity contribution in [1.82, 2.24) is 15.2 Å². The van der Waals surface area contributed by atoms with Crippen LogP contribution in [0.25, 0.3) is 0 Å². The van der Waals surface area contributed by atoms with Crippen molar-refractivity contribution >= 4 is 5.69 Å². The Balaban J connectivity index is 1.92. The van der Waals surface area contributed by atoms with E-state index in [4.69, 9.17) is 0 Å². The van der Waals surface area contributed by atoms with E-state index in [-0.39, 0.29) is 0 Å². The van der Waals surface area contributed by atoms with Crippen molar-refractivity contribution in [3.05, 3.63) is 24.0 Å². The first-order chi connectivity index (χ1) is 10.1. The van der Waals surface area contributed by atoms with Crippen molar-refractivity contribution in [3.8, 4) is 0 Å². The summed E-state index contributed by atoms with van der Waals surface area (Å²) in [6, 6.07) is 4.77. The summed E-state index contributed by atoms with van der Waals surface area (Å²) in [5.41, 5.74) is 2.42. The molecule has 0 spiro atoms. The number of hydrogen-bond acceptors (Lipinski definition) is 4. The van der Waals surface area contributed by atoms with E-state index in [2.05, 4.69) is 53.3 Å². The summed E-state index contributed by atoms with van der Waals surface area (Å²) in [6.45, 7) is 5.71. The molecule has 0 bridgehead atoms. The Bertz CT molecular complexity index is 403. The molecule has 1 saturated heterocycles. The molecule has 1 unspecified atom stereocenters. The Hall–Kier alpha value is -1.13. The zero-order valence-corrected chi connectivity index (χ0v) is 14.0. The maximum Gasteiger partial charge on any atom is 0.0574 e. The summed E-state index contributed by atoms with van der Waals surface area (Å²) in [7, 11) is 6.33. The molecule has 118 valence electrons. The highest BCUT2D eigenvalue weighted by Gasteiger charge is 2.20. The van der Waals surface area contributed by atoms with Crippen molar-refractivity contribution in [2.75, 3.05) is 45.7 Å². The number of anilines is 1. The predicted octanol–water partition coefficient (Wildman–Crippen LogP) is 2.53. The van der Waals surface area contributed by atoms with Gasteiger partial charge in [0.1, 0.15) is 0 Å². The lowest BCUT2D eigenvalue weighted by Crippen LogP contribution is -2.37. The van der Waals surface area contributed by atoms with Gasteiger partial charge in [-0.1, -0.05) is 6.92 Å². The molecule has 0 aromatic carbocycles. The third-order valence-corrected chi connectivity index (χ3v) is 4.49. The van der Waals surface area contributed by atoms with Crippen molar-refractivity contribution < 1.29 is 0 Å². The van der Waals surface area contributed by atoms with Gasteiger partial charge < -0.3 is 15.1 Å². The minimum Gasteiger partial charge on any atom is -0.370 e. The molecule has 1 aromatic rings. The highest BCUT2D eigenvalue weighted by Crippen LogP contribution is 2.24. The van der Waals surface area contributed by atoms with Gasteiger partial charge in [-0.05, 0) is 58.5 Å². The van der Waals surface area contributed by atoms with Crippen LogP contribution in [0.1, 0.15) is 37.9 Å². The van der Waals surface area contributed by atoms with Crippen LogP contribution in [0.3, 0.4) is 0 Å². The van der Waals surface area contributed by atoms with Crippen molar-refractivity contribution in [1.29, 1.82) is 0 Å². The highest BCUT2D eigenvalue weighted by molar-refractivity contribution is 5.45. The Labute approximate surface area is 129 Å². The molecule has 1 aliphatic heterocycles. The average molecular weight is 290 g/mol. The number of nitrogens with zero attached hydrogens (tertiary/aromatic N) is 3. The molecule has 1 fully saturated rings. The van der Waals surface area contributed by atoms with E-state index < -0.39 is 0 Å². The average Bonchev–Trinajstić information content (AvgIpc) is 2.49. The Morgan fingerprint density at radius 3 is 2.52 bits per heavy atom. The molecule has 0 aliphatic carbocycles. The third-order valence-electron chi connectivity index (χ3n) is 4.49. The van der Waals surface area contributed by atoms with Gasteiger partial charge in [0.05, 0.1) is 17.6 Å². The SMILES string of the molecule is CCC(NC)c1ccc(N2CCC(CN(C)C)CC2)cn1. The van der Waals surface area contributed by atoms with E-state index in [0.717, 1.165) is 31.1 Å². The van der Waals surface area contributed by atoms with Gasteiger partial charge in [-0.2, -0.15) is 0 Å². The largest absolute Gasteiger partial charge is 0.370 e. The molecule has 1 atom stereocenters. The van der Waals surface area contributed by atoms with E-state index in [1.165, 1.54) is 25.1 Å². The molecule has 1 aliphatic rings. The molecule has 1 aromatic heterocycles. The van der Waals surface area contributed by atoms with Crippen LogP contribution in [-0.4, -0.2) is 50.7 Å². The summed E-state index contributed by atoms with van der Waals surface area (Å²) < 4.78 is 0. The maximum absolute atomic E-state index is 4.65. The van der Waals surface area contributed by atoms with Crippen LogP contribution in [-0.2, 0) is 0 Å². The summed E-state index contributed by atoms with van der Waals surface area (Å²) in [6.07, 6.45) is 5.68. The first-order valence-electron chi connectivity index (χ1n) is 8.17. The van der Waals surface area contributed by atoms with Crippen LogP contribution in [0.15, 0.2) is 18.3 Å². The number of piperidine rings is 1. The third kappa shape index (κ3) is 4.42. The Morgan fingerprint density at radius 1 is 1.33 bits per heavy atom. The van der Waals surface area contributed by atoms with Crippen LogP contribution in [0.5, 0.6) is 0 Å². The smallest absolute Gasteiger partial charge is 0.0574 e. The number of nitrogens with one attached hydrogen (secondary N) is 1. The van der Waals surface area contributed by atoms with Crippen LogP contribution < -0.4 is 10.2 Å². The van der Waals surface area contributed by atoms with Gasteiger partial charge in [0.15, 0.2) is 0 Å².